The van der Waals surface area contributed by atoms with Gasteiger partial charge in [0, 0.05) is 11.8 Å². The van der Waals surface area contributed by atoms with Crippen LogP contribution in [0.1, 0.15) is 11.1 Å². The molecule has 31 heavy (non-hydrogen) atoms. The molecule has 0 saturated carbocycles. The van der Waals surface area contributed by atoms with Crippen molar-refractivity contribution < 1.29 is 4.74 Å². The molecule has 4 aromatic carbocycles. The highest BCUT2D eigenvalue weighted by atomic mass is 16.5. The van der Waals surface area contributed by atoms with Crippen LogP contribution in [0.15, 0.2) is 108 Å². The van der Waals surface area contributed by atoms with Crippen molar-refractivity contribution in [2.45, 2.75) is 6.61 Å². The minimum atomic E-state index is 0.561. The van der Waals surface area contributed by atoms with E-state index < -0.39 is 0 Å². The first kappa shape index (κ1) is 18.8. The van der Waals surface area contributed by atoms with Crippen molar-refractivity contribution in [3.05, 3.63) is 114 Å². The van der Waals surface area contributed by atoms with Gasteiger partial charge in [0.05, 0.1) is 16.7 Å². The fourth-order valence-electron chi connectivity index (χ4n) is 3.33. The molecule has 1 N–H and O–H groups in total. The minimum absolute atomic E-state index is 0.561. The van der Waals surface area contributed by atoms with Crippen LogP contribution >= 0.6 is 0 Å². The molecule has 0 fully saturated rings. The maximum absolute atomic E-state index is 5.83. The molecular formula is C27H21N3O. The van der Waals surface area contributed by atoms with Crippen LogP contribution in [-0.4, -0.2) is 16.2 Å². The number of hydrogen-bond donors (Lipinski definition) is 1. The summed E-state index contributed by atoms with van der Waals surface area (Å²) in [5.41, 5.74) is 6.11. The molecule has 0 atom stereocenters. The molecule has 1 aromatic heterocycles. The zero-order valence-electron chi connectivity index (χ0n) is 16.9. The number of hydrogen-bond acceptors (Lipinski definition) is 3. The Hall–Kier alpha value is -4.18. The number of nitrogens with one attached hydrogen (secondary N) is 1. The molecule has 150 valence electrons. The largest absolute Gasteiger partial charge is 0.489 e. The predicted molar refractivity (Wildman–Crippen MR) is 126 cm³/mol. The van der Waals surface area contributed by atoms with E-state index in [1.54, 1.807) is 0 Å². The topological polar surface area (TPSA) is 50.3 Å². The Kier molecular flexibility index (Phi) is 5.27. The molecule has 4 nitrogen and oxygen atoms in total. The lowest BCUT2D eigenvalue weighted by Gasteiger charge is -2.06. The third-order valence-electron chi connectivity index (χ3n) is 5.02. The Bertz CT molecular complexity index is 1270. The van der Waals surface area contributed by atoms with Crippen LogP contribution in [0.2, 0.25) is 0 Å². The maximum Gasteiger partial charge on any atom is 0.138 e. The summed E-state index contributed by atoms with van der Waals surface area (Å²) in [6, 6.07) is 34.2. The molecule has 0 saturated heterocycles. The second-order valence-electron chi connectivity index (χ2n) is 7.25. The van der Waals surface area contributed by atoms with Gasteiger partial charge in [-0.2, -0.15) is 0 Å². The average molecular weight is 403 g/mol. The Morgan fingerprint density at radius 1 is 0.774 bits per heavy atom. The van der Waals surface area contributed by atoms with Crippen molar-refractivity contribution in [1.29, 1.82) is 0 Å². The summed E-state index contributed by atoms with van der Waals surface area (Å²) in [6.07, 6.45) is 1.86. The van der Waals surface area contributed by atoms with Crippen LogP contribution < -0.4 is 4.74 Å². The van der Waals surface area contributed by atoms with Crippen molar-refractivity contribution in [2.24, 2.45) is 4.99 Å². The first-order valence-electron chi connectivity index (χ1n) is 10.2. The van der Waals surface area contributed by atoms with Gasteiger partial charge in [0.1, 0.15) is 18.2 Å². The van der Waals surface area contributed by atoms with E-state index in [-0.39, 0.29) is 0 Å². The number of imidazole rings is 1. The van der Waals surface area contributed by atoms with Crippen LogP contribution in [0.25, 0.3) is 22.4 Å². The van der Waals surface area contributed by atoms with Gasteiger partial charge in [0.2, 0.25) is 0 Å². The molecule has 0 unspecified atom stereocenters. The number of fused-ring (bicyclic) bond motifs is 1. The maximum atomic E-state index is 5.83. The standard InChI is InChI=1S/C27H21N3O/c1-2-6-21(7-3-1)19-31-24-16-10-20(11-17-24)18-28-23-14-12-22(13-15-23)27-29-25-8-4-5-9-26(25)30-27/h1-18H,19H2,(H,29,30). The molecule has 0 bridgehead atoms. The van der Waals surface area contributed by atoms with Crippen molar-refractivity contribution in [2.75, 3.05) is 0 Å². The third kappa shape index (κ3) is 4.54. The third-order valence-corrected chi connectivity index (χ3v) is 5.02. The number of para-hydroxylation sites is 2. The van der Waals surface area contributed by atoms with Crippen molar-refractivity contribution in [3.8, 4) is 17.1 Å². The SMILES string of the molecule is C(=Nc1ccc(-c2nc3ccccc3[nH]2)cc1)c1ccc(OCc2ccccc2)cc1. The van der Waals surface area contributed by atoms with Crippen LogP contribution in [0.3, 0.4) is 0 Å². The summed E-state index contributed by atoms with van der Waals surface area (Å²) in [4.78, 5) is 12.6. The lowest BCUT2D eigenvalue weighted by Crippen LogP contribution is -1.94. The number of ether oxygens (including phenoxy) is 1. The monoisotopic (exact) mass is 403 g/mol. The second kappa shape index (κ2) is 8.67. The van der Waals surface area contributed by atoms with E-state index >= 15 is 0 Å². The first-order valence-corrected chi connectivity index (χ1v) is 10.2. The lowest BCUT2D eigenvalue weighted by molar-refractivity contribution is 0.306. The zero-order chi connectivity index (χ0) is 20.9. The van der Waals surface area contributed by atoms with E-state index in [1.165, 1.54) is 0 Å². The summed E-state index contributed by atoms with van der Waals surface area (Å²) in [6.45, 7) is 0.561. The Labute approximate surface area is 180 Å². The van der Waals surface area contributed by atoms with Crippen LogP contribution in [-0.2, 0) is 6.61 Å². The summed E-state index contributed by atoms with van der Waals surface area (Å²) in [5, 5.41) is 0. The fourth-order valence-corrected chi connectivity index (χ4v) is 3.33. The van der Waals surface area contributed by atoms with Gasteiger partial charge in [-0.25, -0.2) is 4.98 Å². The molecule has 5 rings (SSSR count). The quantitative estimate of drug-likeness (QED) is 0.326. The average Bonchev–Trinajstić information content (AvgIpc) is 3.27. The number of aromatic nitrogens is 2. The summed E-state index contributed by atoms with van der Waals surface area (Å²) in [7, 11) is 0. The van der Waals surface area contributed by atoms with E-state index in [9.17, 15) is 0 Å². The smallest absolute Gasteiger partial charge is 0.138 e. The summed E-state index contributed by atoms with van der Waals surface area (Å²) in [5.74, 6) is 1.71. The molecule has 1 heterocycles. The molecule has 0 spiro atoms. The number of aromatic amines is 1. The molecular weight excluding hydrogens is 382 g/mol. The van der Waals surface area contributed by atoms with Gasteiger partial charge in [-0.1, -0.05) is 42.5 Å². The second-order valence-corrected chi connectivity index (χ2v) is 7.25. The molecule has 0 aliphatic carbocycles. The number of benzene rings is 4. The van der Waals surface area contributed by atoms with Crippen molar-refractivity contribution >= 4 is 22.9 Å². The summed E-state index contributed by atoms with van der Waals surface area (Å²) >= 11 is 0. The first-order chi connectivity index (χ1) is 15.3. The zero-order valence-corrected chi connectivity index (χ0v) is 16.9. The van der Waals surface area contributed by atoms with E-state index in [1.807, 2.05) is 97.2 Å². The van der Waals surface area contributed by atoms with Gasteiger partial charge < -0.3 is 9.72 Å². The number of H-pyrrole nitrogens is 1. The highest BCUT2D eigenvalue weighted by Crippen LogP contribution is 2.23. The summed E-state index contributed by atoms with van der Waals surface area (Å²) < 4.78 is 5.83. The van der Waals surface area contributed by atoms with Gasteiger partial charge in [-0.15, -0.1) is 0 Å². The molecule has 0 aliphatic heterocycles. The van der Waals surface area contributed by atoms with E-state index in [2.05, 4.69) is 27.1 Å². The Morgan fingerprint density at radius 3 is 2.29 bits per heavy atom. The fraction of sp³-hybridized carbons (Fsp3) is 0.0370. The predicted octanol–water partition coefficient (Wildman–Crippen LogP) is 6.56. The Balaban J connectivity index is 1.23. The lowest BCUT2D eigenvalue weighted by atomic mass is 10.2. The van der Waals surface area contributed by atoms with Crippen molar-refractivity contribution in [1.82, 2.24) is 9.97 Å². The van der Waals surface area contributed by atoms with Crippen molar-refractivity contribution in [3.63, 3.8) is 0 Å². The molecule has 0 radical (unpaired) electrons. The van der Waals surface area contributed by atoms with E-state index in [0.29, 0.717) is 6.61 Å². The highest BCUT2D eigenvalue weighted by molar-refractivity contribution is 5.82. The number of aliphatic imine (C=N–C) groups is 1. The van der Waals surface area contributed by atoms with Crippen LogP contribution in [0, 0.1) is 0 Å². The number of rotatable bonds is 6. The Morgan fingerprint density at radius 2 is 1.52 bits per heavy atom. The molecule has 0 aliphatic rings. The highest BCUT2D eigenvalue weighted by Gasteiger charge is 2.04. The molecule has 0 amide bonds. The van der Waals surface area contributed by atoms with Gasteiger partial charge >= 0.3 is 0 Å². The van der Waals surface area contributed by atoms with E-state index in [0.717, 1.165) is 45.0 Å². The van der Waals surface area contributed by atoms with E-state index in [4.69, 9.17) is 4.74 Å². The van der Waals surface area contributed by atoms with Gasteiger partial charge in [0.15, 0.2) is 0 Å². The van der Waals surface area contributed by atoms with Gasteiger partial charge in [-0.05, 0) is 71.8 Å². The molecule has 4 heteroatoms. The van der Waals surface area contributed by atoms with Gasteiger partial charge in [-0.3, -0.25) is 4.99 Å². The minimum Gasteiger partial charge on any atom is -0.489 e. The van der Waals surface area contributed by atoms with Crippen LogP contribution in [0.5, 0.6) is 5.75 Å². The van der Waals surface area contributed by atoms with Gasteiger partial charge in [0.25, 0.3) is 0 Å². The number of nitrogens with zero attached hydrogens (tertiary/aromatic N) is 2. The van der Waals surface area contributed by atoms with Crippen LogP contribution in [0.4, 0.5) is 5.69 Å². The molecule has 5 aromatic rings. The normalized spacial score (nSPS) is 11.2.